The minimum atomic E-state index is 0.579. The molecule has 2 atom stereocenters. The number of aryl methyl sites for hydroxylation is 1. The average molecular weight is 501 g/mol. The fourth-order valence-electron chi connectivity index (χ4n) is 5.35. The van der Waals surface area contributed by atoms with E-state index < -0.39 is 0 Å². The van der Waals surface area contributed by atoms with Gasteiger partial charge in [0.2, 0.25) is 0 Å². The Morgan fingerprint density at radius 1 is 0.919 bits per heavy atom. The van der Waals surface area contributed by atoms with E-state index in [4.69, 9.17) is 14.5 Å². The number of anilines is 2. The molecule has 4 aromatic rings. The molecule has 8 nitrogen and oxygen atoms in total. The van der Waals surface area contributed by atoms with Crippen LogP contribution in [0.25, 0.3) is 22.3 Å². The summed E-state index contributed by atoms with van der Waals surface area (Å²) >= 11 is 0. The largest absolute Gasteiger partial charge is 0.497 e. The third-order valence-electron chi connectivity index (χ3n) is 7.44. The first kappa shape index (κ1) is 25.0. The molecule has 0 aliphatic carbocycles. The van der Waals surface area contributed by atoms with Gasteiger partial charge in [0, 0.05) is 73.6 Å². The molecular formula is C29H36N6O2. The Morgan fingerprint density at radius 3 is 2.30 bits per heavy atom. The van der Waals surface area contributed by atoms with Crippen molar-refractivity contribution in [3.63, 3.8) is 0 Å². The second-order valence-corrected chi connectivity index (χ2v) is 9.92. The summed E-state index contributed by atoms with van der Waals surface area (Å²) in [5.41, 5.74) is 5.53. The van der Waals surface area contributed by atoms with Gasteiger partial charge in [-0.1, -0.05) is 6.42 Å². The first-order valence-corrected chi connectivity index (χ1v) is 13.0. The summed E-state index contributed by atoms with van der Waals surface area (Å²) in [7, 11) is 5.28. The highest BCUT2D eigenvalue weighted by Gasteiger charge is 2.25. The lowest BCUT2D eigenvalue weighted by atomic mass is 9.97. The van der Waals surface area contributed by atoms with Gasteiger partial charge in [0.15, 0.2) is 0 Å². The second kappa shape index (κ2) is 10.8. The fraction of sp³-hybridized carbons (Fsp3) is 0.414. The van der Waals surface area contributed by atoms with E-state index in [-0.39, 0.29) is 0 Å². The topological polar surface area (TPSA) is 68.5 Å². The number of nitrogens with zero attached hydrogens (tertiary/aromatic N) is 6. The van der Waals surface area contributed by atoms with Gasteiger partial charge in [0.25, 0.3) is 0 Å². The Morgan fingerprint density at radius 2 is 1.65 bits per heavy atom. The third kappa shape index (κ3) is 5.39. The minimum absolute atomic E-state index is 0.579. The van der Waals surface area contributed by atoms with Crippen LogP contribution in [0.4, 0.5) is 11.4 Å². The molecule has 0 radical (unpaired) electrons. The molecule has 1 aliphatic heterocycles. The van der Waals surface area contributed by atoms with Gasteiger partial charge in [0.1, 0.15) is 11.5 Å². The summed E-state index contributed by atoms with van der Waals surface area (Å²) < 4.78 is 13.0. The predicted molar refractivity (Wildman–Crippen MR) is 148 cm³/mol. The quantitative estimate of drug-likeness (QED) is 0.319. The molecule has 2 unspecified atom stereocenters. The lowest BCUT2D eigenvalue weighted by Gasteiger charge is -2.40. The number of ether oxygens (including phenoxy) is 2. The molecule has 2 aromatic heterocycles. The first-order chi connectivity index (χ1) is 17.9. The minimum Gasteiger partial charge on any atom is -0.497 e. The average Bonchev–Trinajstić information content (AvgIpc) is 3.35. The van der Waals surface area contributed by atoms with E-state index in [1.807, 2.05) is 37.8 Å². The predicted octanol–water partition coefficient (Wildman–Crippen LogP) is 5.45. The fourth-order valence-corrected chi connectivity index (χ4v) is 5.35. The second-order valence-electron chi connectivity index (χ2n) is 9.92. The monoisotopic (exact) mass is 500 g/mol. The molecule has 0 N–H and O–H groups in total. The normalized spacial score (nSPS) is 18.2. The molecule has 1 aliphatic rings. The van der Waals surface area contributed by atoms with Gasteiger partial charge >= 0.3 is 0 Å². The lowest BCUT2D eigenvalue weighted by molar-refractivity contribution is 0.107. The van der Waals surface area contributed by atoms with Crippen molar-refractivity contribution in [3.05, 3.63) is 55.0 Å². The molecule has 0 amide bonds. The van der Waals surface area contributed by atoms with Crippen LogP contribution < -0.4 is 14.4 Å². The Hall–Kier alpha value is -3.65. The highest BCUT2D eigenvalue weighted by Crippen LogP contribution is 2.34. The van der Waals surface area contributed by atoms with Crippen molar-refractivity contribution >= 4 is 22.4 Å². The van der Waals surface area contributed by atoms with E-state index in [2.05, 4.69) is 58.0 Å². The number of hydrogen-bond acceptors (Lipinski definition) is 7. The molecule has 0 spiro atoms. The number of piperidine rings is 1. The number of benzene rings is 2. The van der Waals surface area contributed by atoms with E-state index in [9.17, 15) is 0 Å². The van der Waals surface area contributed by atoms with Crippen LogP contribution in [0.3, 0.4) is 0 Å². The Labute approximate surface area is 218 Å². The maximum absolute atomic E-state index is 5.60. The highest BCUT2D eigenvalue weighted by atomic mass is 16.5. The molecule has 37 heavy (non-hydrogen) atoms. The highest BCUT2D eigenvalue weighted by molar-refractivity contribution is 5.82. The maximum Gasteiger partial charge on any atom is 0.124 e. The number of fused-ring (bicyclic) bond motifs is 1. The summed E-state index contributed by atoms with van der Waals surface area (Å²) in [5, 5.41) is 4.28. The zero-order chi connectivity index (χ0) is 25.9. The molecule has 2 aromatic carbocycles. The number of methoxy groups -OCH3 is 2. The molecule has 0 saturated carbocycles. The molecule has 0 bridgehead atoms. The van der Waals surface area contributed by atoms with E-state index in [0.717, 1.165) is 58.3 Å². The van der Waals surface area contributed by atoms with Crippen LogP contribution in [0.1, 0.15) is 33.1 Å². The lowest BCUT2D eigenvalue weighted by Crippen LogP contribution is -2.46. The van der Waals surface area contributed by atoms with Crippen LogP contribution in [0.15, 0.2) is 55.0 Å². The van der Waals surface area contributed by atoms with Crippen LogP contribution >= 0.6 is 0 Å². The van der Waals surface area contributed by atoms with E-state index in [0.29, 0.717) is 12.1 Å². The third-order valence-corrected chi connectivity index (χ3v) is 7.44. The van der Waals surface area contributed by atoms with Gasteiger partial charge in [-0.25, -0.2) is 4.98 Å². The van der Waals surface area contributed by atoms with Crippen LogP contribution in [0, 0.1) is 0 Å². The van der Waals surface area contributed by atoms with Crippen molar-refractivity contribution < 1.29 is 9.47 Å². The molecule has 1 fully saturated rings. The number of aromatic nitrogens is 4. The number of hydrogen-bond donors (Lipinski definition) is 0. The Kier molecular flexibility index (Phi) is 7.28. The van der Waals surface area contributed by atoms with Gasteiger partial charge in [0.05, 0.1) is 43.3 Å². The van der Waals surface area contributed by atoms with Crippen molar-refractivity contribution in [1.82, 2.24) is 24.6 Å². The van der Waals surface area contributed by atoms with E-state index in [1.165, 1.54) is 19.3 Å². The molecular weight excluding hydrogens is 464 g/mol. The summed E-state index contributed by atoms with van der Waals surface area (Å²) in [5.74, 6) is 1.53. The van der Waals surface area contributed by atoms with Gasteiger partial charge in [-0.15, -0.1) is 0 Å². The maximum atomic E-state index is 5.60. The summed E-state index contributed by atoms with van der Waals surface area (Å²) in [6.45, 7) is 6.48. The summed E-state index contributed by atoms with van der Waals surface area (Å²) in [6.07, 6.45) is 9.38. The summed E-state index contributed by atoms with van der Waals surface area (Å²) in [4.78, 5) is 14.6. The molecule has 1 saturated heterocycles. The van der Waals surface area contributed by atoms with E-state index in [1.54, 1.807) is 18.9 Å². The van der Waals surface area contributed by atoms with Crippen molar-refractivity contribution in [3.8, 4) is 22.8 Å². The van der Waals surface area contributed by atoms with Crippen LogP contribution in [0.2, 0.25) is 0 Å². The van der Waals surface area contributed by atoms with Crippen molar-refractivity contribution in [1.29, 1.82) is 0 Å². The Bertz CT molecular complexity index is 1340. The van der Waals surface area contributed by atoms with E-state index >= 15 is 0 Å². The molecule has 3 heterocycles. The van der Waals surface area contributed by atoms with Crippen LogP contribution in [0.5, 0.6) is 11.5 Å². The van der Waals surface area contributed by atoms with Crippen molar-refractivity contribution in [2.24, 2.45) is 7.05 Å². The molecule has 8 heteroatoms. The SMILES string of the molecule is COc1cc(OC)cc(N(CCN2C(C)CCCC2C)c2ccc3ncc(-c4cnn(C)c4)nc3c2)c1. The summed E-state index contributed by atoms with van der Waals surface area (Å²) in [6, 6.07) is 13.5. The first-order valence-electron chi connectivity index (χ1n) is 13.0. The smallest absolute Gasteiger partial charge is 0.124 e. The van der Waals surface area contributed by atoms with Gasteiger partial charge < -0.3 is 14.4 Å². The van der Waals surface area contributed by atoms with Gasteiger partial charge in [-0.05, 0) is 44.9 Å². The Balaban J connectivity index is 1.54. The van der Waals surface area contributed by atoms with Crippen LogP contribution in [-0.4, -0.2) is 64.0 Å². The zero-order valence-corrected chi connectivity index (χ0v) is 22.4. The number of likely N-dealkylation sites (tertiary alicyclic amines) is 1. The molecule has 194 valence electrons. The van der Waals surface area contributed by atoms with Crippen molar-refractivity contribution in [2.75, 3.05) is 32.2 Å². The van der Waals surface area contributed by atoms with Crippen LogP contribution in [-0.2, 0) is 7.05 Å². The zero-order valence-electron chi connectivity index (χ0n) is 22.4. The van der Waals surface area contributed by atoms with Gasteiger partial charge in [-0.2, -0.15) is 5.10 Å². The standard InChI is InChI=1S/C29H36N6O2/c1-20-7-6-8-21(2)34(20)11-12-35(24-13-25(36-4)16-26(14-24)37-5)23-9-10-27-28(15-23)32-29(18-30-27)22-17-31-33(3)19-22/h9-10,13-21H,6-8,11-12H2,1-5H3. The van der Waals surface area contributed by atoms with Gasteiger partial charge in [-0.3, -0.25) is 14.6 Å². The van der Waals surface area contributed by atoms with Crippen molar-refractivity contribution in [2.45, 2.75) is 45.2 Å². The number of rotatable bonds is 8. The molecule has 5 rings (SSSR count).